The minimum atomic E-state index is -0.804. The van der Waals surface area contributed by atoms with E-state index in [-0.39, 0.29) is 25.4 Å². The number of urea groups is 1. The van der Waals surface area contributed by atoms with Crippen LogP contribution in [0.5, 0.6) is 5.75 Å². The summed E-state index contributed by atoms with van der Waals surface area (Å²) in [6.07, 6.45) is 5.89. The van der Waals surface area contributed by atoms with E-state index in [9.17, 15) is 29.7 Å². The van der Waals surface area contributed by atoms with Crippen molar-refractivity contribution in [2.45, 2.75) is 71.1 Å². The highest BCUT2D eigenvalue weighted by molar-refractivity contribution is 6.08. The number of nitrogens with one attached hydrogen (secondary N) is 1. The molecule has 3 amide bonds. The van der Waals surface area contributed by atoms with Crippen LogP contribution in [-0.2, 0) is 38.7 Å². The van der Waals surface area contributed by atoms with E-state index in [0.717, 1.165) is 67.5 Å². The molecule has 11 heteroatoms. The van der Waals surface area contributed by atoms with Gasteiger partial charge in [0.1, 0.15) is 5.75 Å². The molecule has 11 nitrogen and oxygen atoms in total. The number of hydrogen-bond donors (Lipinski definition) is 4. The van der Waals surface area contributed by atoms with Gasteiger partial charge in [0.2, 0.25) is 6.54 Å². The Hall–Kier alpha value is -4.13. The van der Waals surface area contributed by atoms with Crippen LogP contribution in [0.1, 0.15) is 73.8 Å². The van der Waals surface area contributed by atoms with Crippen LogP contribution in [-0.4, -0.2) is 71.0 Å². The fourth-order valence-electron chi connectivity index (χ4n) is 5.79. The molecule has 4 rings (SSSR count). The van der Waals surface area contributed by atoms with Gasteiger partial charge in [-0.2, -0.15) is 0 Å². The van der Waals surface area contributed by atoms with Gasteiger partial charge in [-0.15, -0.1) is 0 Å². The predicted octanol–water partition coefficient (Wildman–Crippen LogP) is 5.06. The molecule has 48 heavy (non-hydrogen) atoms. The van der Waals surface area contributed by atoms with Crippen molar-refractivity contribution in [1.29, 1.82) is 0 Å². The molecule has 0 saturated carbocycles. The van der Waals surface area contributed by atoms with Gasteiger partial charge in [0, 0.05) is 44.4 Å². The van der Waals surface area contributed by atoms with Crippen LogP contribution in [0, 0.1) is 0 Å². The fourth-order valence-corrected chi connectivity index (χ4v) is 5.79. The molecular weight excluding hydrogens is 614 g/mol. The molecule has 258 valence electrons. The first-order valence-corrected chi connectivity index (χ1v) is 16.7. The van der Waals surface area contributed by atoms with Crippen molar-refractivity contribution in [2.24, 2.45) is 0 Å². The highest BCUT2D eigenvalue weighted by atomic mass is 16.8. The third kappa shape index (κ3) is 10.2. The zero-order valence-corrected chi connectivity index (χ0v) is 27.7. The molecule has 3 aromatic rings. The normalized spacial score (nSPS) is 16.8. The fraction of sp³-hybridized carbons (Fsp3) is 0.432. The van der Waals surface area contributed by atoms with Gasteiger partial charge in [-0.25, -0.2) is 14.5 Å². The summed E-state index contributed by atoms with van der Waals surface area (Å²) in [6.45, 7) is 3.35. The molecule has 1 unspecified atom stereocenters. The number of phenols is 1. The zero-order valence-electron chi connectivity index (χ0n) is 27.7. The Balaban J connectivity index is 1.11. The average molecular weight is 663 g/mol. The smallest absolute Gasteiger partial charge is 0.474 e. The standard InChI is InChI=1S/C37H47N3O8/c1-28(42)48-40(26-36(45)39(37(40)46)25-30-13-5-4-6-14-30)33-16-11-15-29(22-33)12-7-10-21-47-20-9-3-2-8-19-38-24-35(44)31-17-18-34(43)32(23-31)27-41/h4-6,11,13-18,22-23,35,38,41,44H,2-3,7-10,12,19-21,24-27H2,1H3/p+1/t35-,40?/m1/s1. The minimum Gasteiger partial charge on any atom is -0.508 e. The predicted molar refractivity (Wildman–Crippen MR) is 181 cm³/mol. The number of benzene rings is 3. The summed E-state index contributed by atoms with van der Waals surface area (Å²) < 4.78 is 5.02. The van der Waals surface area contributed by atoms with Crippen molar-refractivity contribution in [3.63, 3.8) is 0 Å². The molecule has 0 bridgehead atoms. The van der Waals surface area contributed by atoms with E-state index in [4.69, 9.17) is 9.57 Å². The second-order valence-corrected chi connectivity index (χ2v) is 12.1. The Bertz CT molecular complexity index is 1500. The van der Waals surface area contributed by atoms with Crippen molar-refractivity contribution in [2.75, 3.05) is 32.8 Å². The van der Waals surface area contributed by atoms with Crippen LogP contribution in [0.3, 0.4) is 0 Å². The number of aromatic hydroxyl groups is 1. The molecule has 3 aromatic carbocycles. The van der Waals surface area contributed by atoms with E-state index in [1.807, 2.05) is 48.5 Å². The lowest BCUT2D eigenvalue weighted by molar-refractivity contribution is -0.168. The first-order chi connectivity index (χ1) is 23.2. The Morgan fingerprint density at radius 1 is 0.917 bits per heavy atom. The zero-order chi connectivity index (χ0) is 34.4. The highest BCUT2D eigenvalue weighted by Crippen LogP contribution is 2.33. The maximum Gasteiger partial charge on any atom is 0.474 e. The first kappa shape index (κ1) is 36.7. The summed E-state index contributed by atoms with van der Waals surface area (Å²) in [5, 5.41) is 32.5. The molecular formula is C37H48N3O8+. The number of imide groups is 1. The van der Waals surface area contributed by atoms with Crippen molar-refractivity contribution in [3.8, 4) is 5.75 Å². The Morgan fingerprint density at radius 3 is 2.40 bits per heavy atom. The van der Waals surface area contributed by atoms with E-state index in [1.54, 1.807) is 18.2 Å². The summed E-state index contributed by atoms with van der Waals surface area (Å²) in [5.74, 6) is -1.02. The number of aliphatic hydroxyl groups excluding tert-OH is 2. The highest BCUT2D eigenvalue weighted by Gasteiger charge is 2.58. The third-order valence-electron chi connectivity index (χ3n) is 8.39. The van der Waals surface area contributed by atoms with Gasteiger partial charge in [-0.05, 0) is 72.1 Å². The van der Waals surface area contributed by atoms with E-state index in [0.29, 0.717) is 36.6 Å². The Kier molecular flexibility index (Phi) is 14.1. The van der Waals surface area contributed by atoms with Gasteiger partial charge in [0.15, 0.2) is 5.69 Å². The number of unbranched alkanes of at least 4 members (excludes halogenated alkanes) is 4. The number of carbonyl (C=O) groups excluding carboxylic acids is 3. The van der Waals surface area contributed by atoms with Crippen LogP contribution < -0.4 is 9.96 Å². The Morgan fingerprint density at radius 2 is 1.65 bits per heavy atom. The molecule has 1 aliphatic heterocycles. The molecule has 4 N–H and O–H groups in total. The number of amides is 3. The molecule has 0 radical (unpaired) electrons. The number of rotatable bonds is 20. The molecule has 0 spiro atoms. The molecule has 1 saturated heterocycles. The topological polar surface area (TPSA) is 146 Å². The summed E-state index contributed by atoms with van der Waals surface area (Å²) in [4.78, 5) is 45.5. The van der Waals surface area contributed by atoms with E-state index in [2.05, 4.69) is 5.32 Å². The second-order valence-electron chi connectivity index (χ2n) is 12.1. The maximum atomic E-state index is 13.6. The van der Waals surface area contributed by atoms with Gasteiger partial charge in [-0.3, -0.25) is 9.63 Å². The third-order valence-corrected chi connectivity index (χ3v) is 8.39. The quantitative estimate of drug-likeness (QED) is 0.0742. The number of carbonyl (C=O) groups is 3. The van der Waals surface area contributed by atoms with Crippen molar-refractivity contribution in [3.05, 3.63) is 95.1 Å². The van der Waals surface area contributed by atoms with Crippen LogP contribution in [0.25, 0.3) is 0 Å². The number of aryl methyl sites for hydroxylation is 1. The van der Waals surface area contributed by atoms with Gasteiger partial charge < -0.3 is 25.4 Å². The summed E-state index contributed by atoms with van der Waals surface area (Å²) in [6, 6.07) is 20.8. The lowest BCUT2D eigenvalue weighted by Crippen LogP contribution is -2.53. The SMILES string of the molecule is CC(=O)O[N+]1(c2cccc(CCCCOCCCCCCNC[C@@H](O)c3ccc(O)c(CO)c3)c2)CC(=O)N(Cc2ccccc2)C1=O. The lowest BCUT2D eigenvalue weighted by Gasteiger charge is -2.25. The largest absolute Gasteiger partial charge is 0.508 e. The van der Waals surface area contributed by atoms with E-state index >= 15 is 0 Å². The molecule has 1 fully saturated rings. The first-order valence-electron chi connectivity index (χ1n) is 16.7. The van der Waals surface area contributed by atoms with Crippen molar-refractivity contribution >= 4 is 23.6 Å². The van der Waals surface area contributed by atoms with Gasteiger partial charge in [0.05, 0.1) is 19.3 Å². The molecule has 2 atom stereocenters. The molecule has 0 aromatic heterocycles. The summed E-state index contributed by atoms with van der Waals surface area (Å²) in [5.41, 5.74) is 3.31. The number of quaternary nitrogens is 1. The Labute approximate surface area is 282 Å². The second kappa shape index (κ2) is 18.4. The summed E-state index contributed by atoms with van der Waals surface area (Å²) in [7, 11) is 0. The van der Waals surface area contributed by atoms with Crippen molar-refractivity contribution in [1.82, 2.24) is 14.9 Å². The van der Waals surface area contributed by atoms with Gasteiger partial charge in [-0.1, -0.05) is 61.4 Å². The van der Waals surface area contributed by atoms with Gasteiger partial charge in [0.25, 0.3) is 5.91 Å². The monoisotopic (exact) mass is 662 g/mol. The van der Waals surface area contributed by atoms with Crippen LogP contribution >= 0.6 is 0 Å². The minimum absolute atomic E-state index is 0.0219. The maximum absolute atomic E-state index is 13.6. The molecule has 1 heterocycles. The summed E-state index contributed by atoms with van der Waals surface area (Å²) >= 11 is 0. The van der Waals surface area contributed by atoms with E-state index in [1.165, 1.54) is 13.0 Å². The van der Waals surface area contributed by atoms with Crippen molar-refractivity contribution < 1.29 is 39.3 Å². The number of hydroxylamine groups is 2. The number of nitrogens with zero attached hydrogens (tertiary/aromatic N) is 2. The van der Waals surface area contributed by atoms with E-state index < -0.39 is 28.7 Å². The average Bonchev–Trinajstić information content (AvgIpc) is 3.31. The number of ether oxygens (including phenoxy) is 1. The van der Waals surface area contributed by atoms with Gasteiger partial charge >= 0.3 is 12.0 Å². The number of aliphatic hydroxyl groups is 2. The lowest BCUT2D eigenvalue weighted by atomic mass is 10.1. The van der Waals surface area contributed by atoms with Crippen LogP contribution in [0.4, 0.5) is 10.5 Å². The number of hydrogen-bond acceptors (Lipinski definition) is 9. The van der Waals surface area contributed by atoms with Crippen LogP contribution in [0.15, 0.2) is 72.8 Å². The molecule has 0 aliphatic carbocycles. The molecule has 1 aliphatic rings. The van der Waals surface area contributed by atoms with Crippen LogP contribution in [0.2, 0.25) is 0 Å².